The summed E-state index contributed by atoms with van der Waals surface area (Å²) in [6.45, 7) is 1.67. The van der Waals surface area contributed by atoms with Gasteiger partial charge in [0.2, 0.25) is 0 Å². The zero-order valence-electron chi connectivity index (χ0n) is 14.1. The minimum absolute atomic E-state index is 0.174. The molecule has 3 rings (SSSR count). The molecule has 0 amide bonds. The highest BCUT2D eigenvalue weighted by Gasteiger charge is 2.28. The van der Waals surface area contributed by atoms with E-state index in [-0.39, 0.29) is 29.7 Å². The summed E-state index contributed by atoms with van der Waals surface area (Å²) in [6, 6.07) is 7.39. The predicted molar refractivity (Wildman–Crippen MR) is 91.3 cm³/mol. The number of nitrogens with one attached hydrogen (secondary N) is 1. The molecule has 0 radical (unpaired) electrons. The van der Waals surface area contributed by atoms with Crippen LogP contribution >= 0.6 is 0 Å². The first kappa shape index (κ1) is 17.8. The minimum atomic E-state index is -2.39. The summed E-state index contributed by atoms with van der Waals surface area (Å²) >= 11 is 0. The molecule has 1 aliphatic heterocycles. The van der Waals surface area contributed by atoms with Gasteiger partial charge in [0.15, 0.2) is 0 Å². The molecule has 0 unspecified atom stereocenters. The first-order valence-electron chi connectivity index (χ1n) is 9.12. The van der Waals surface area contributed by atoms with Gasteiger partial charge in [-0.2, -0.15) is 0 Å². The van der Waals surface area contributed by atoms with Crippen molar-refractivity contribution in [1.29, 1.82) is 0 Å². The summed E-state index contributed by atoms with van der Waals surface area (Å²) in [6.07, 6.45) is 3.72. The van der Waals surface area contributed by atoms with Gasteiger partial charge in [-0.15, -0.1) is 0 Å². The van der Waals surface area contributed by atoms with Gasteiger partial charge in [0.1, 0.15) is 0 Å². The Bertz CT molecular complexity index is 518. The van der Waals surface area contributed by atoms with E-state index in [1.54, 1.807) is 12.1 Å². The van der Waals surface area contributed by atoms with Crippen molar-refractivity contribution in [2.24, 2.45) is 5.73 Å². The van der Waals surface area contributed by atoms with Crippen molar-refractivity contribution in [2.75, 3.05) is 13.2 Å². The fourth-order valence-electron chi connectivity index (χ4n) is 4.02. The summed E-state index contributed by atoms with van der Waals surface area (Å²) in [7, 11) is 0. The zero-order valence-corrected chi connectivity index (χ0v) is 14.1. The van der Waals surface area contributed by atoms with Crippen molar-refractivity contribution < 1.29 is 13.5 Å². The lowest BCUT2D eigenvalue weighted by molar-refractivity contribution is 0.00601. The van der Waals surface area contributed by atoms with Crippen LogP contribution in [0, 0.1) is 0 Å². The number of alkyl halides is 2. The summed E-state index contributed by atoms with van der Waals surface area (Å²) < 4.78 is 32.4. The van der Waals surface area contributed by atoms with Crippen molar-refractivity contribution in [3.05, 3.63) is 35.4 Å². The molecule has 2 fully saturated rings. The van der Waals surface area contributed by atoms with Crippen molar-refractivity contribution in [1.82, 2.24) is 5.32 Å². The Kier molecular flexibility index (Phi) is 6.19. The van der Waals surface area contributed by atoms with E-state index in [1.165, 1.54) is 0 Å². The number of rotatable bonds is 5. The molecule has 1 aliphatic carbocycles. The molecule has 2 aliphatic rings. The van der Waals surface area contributed by atoms with E-state index in [0.717, 1.165) is 50.6 Å². The van der Waals surface area contributed by atoms with E-state index < -0.39 is 6.43 Å². The van der Waals surface area contributed by atoms with Crippen molar-refractivity contribution >= 4 is 0 Å². The molecule has 1 saturated heterocycles. The molecule has 1 saturated carbocycles. The normalized spacial score (nSPS) is 31.3. The molecule has 24 heavy (non-hydrogen) atoms. The second kappa shape index (κ2) is 8.37. The molecule has 0 aromatic heterocycles. The summed E-state index contributed by atoms with van der Waals surface area (Å²) in [4.78, 5) is 0. The molecule has 1 aromatic rings. The van der Waals surface area contributed by atoms with Crippen LogP contribution in [0.15, 0.2) is 24.3 Å². The van der Waals surface area contributed by atoms with E-state index >= 15 is 0 Å². The quantitative estimate of drug-likeness (QED) is 0.860. The zero-order chi connectivity index (χ0) is 16.9. The highest BCUT2D eigenvalue weighted by molar-refractivity contribution is 5.31. The van der Waals surface area contributed by atoms with Gasteiger partial charge < -0.3 is 15.8 Å². The minimum Gasteiger partial charge on any atom is -0.377 e. The number of halogens is 2. The third-order valence-corrected chi connectivity index (χ3v) is 5.49. The number of ether oxygens (including phenoxy) is 1. The Balaban J connectivity index is 1.49. The molecule has 0 spiro atoms. The lowest BCUT2D eigenvalue weighted by Crippen LogP contribution is -2.52. The predicted octanol–water partition coefficient (Wildman–Crippen LogP) is 3.75. The molecule has 3 N–H and O–H groups in total. The highest BCUT2D eigenvalue weighted by Crippen LogP contribution is 2.38. The SMILES string of the molecule is N[C@H]1CCCN[C@H]1CO[C@H]1CC[C@@H](c2ccccc2C(F)F)CC1. The molecule has 5 heteroatoms. The second-order valence-electron chi connectivity index (χ2n) is 7.10. The maximum Gasteiger partial charge on any atom is 0.264 e. The Morgan fingerprint density at radius 3 is 2.58 bits per heavy atom. The smallest absolute Gasteiger partial charge is 0.264 e. The van der Waals surface area contributed by atoms with Gasteiger partial charge in [-0.3, -0.25) is 0 Å². The van der Waals surface area contributed by atoms with Crippen molar-refractivity contribution in [3.8, 4) is 0 Å². The van der Waals surface area contributed by atoms with Crippen molar-refractivity contribution in [3.63, 3.8) is 0 Å². The van der Waals surface area contributed by atoms with E-state index in [2.05, 4.69) is 5.32 Å². The first-order valence-corrected chi connectivity index (χ1v) is 9.12. The molecule has 0 bridgehead atoms. The van der Waals surface area contributed by atoms with Crippen LogP contribution in [0.25, 0.3) is 0 Å². The van der Waals surface area contributed by atoms with Crippen LogP contribution in [0.2, 0.25) is 0 Å². The fourth-order valence-corrected chi connectivity index (χ4v) is 4.02. The van der Waals surface area contributed by atoms with Gasteiger partial charge in [0, 0.05) is 17.6 Å². The maximum atomic E-state index is 13.2. The van der Waals surface area contributed by atoms with Crippen LogP contribution in [0.4, 0.5) is 8.78 Å². The Morgan fingerprint density at radius 1 is 1.12 bits per heavy atom. The lowest BCUT2D eigenvalue weighted by atomic mass is 9.81. The third kappa shape index (κ3) is 4.32. The average molecular weight is 338 g/mol. The number of piperidine rings is 1. The van der Waals surface area contributed by atoms with E-state index in [0.29, 0.717) is 6.61 Å². The van der Waals surface area contributed by atoms with Crippen LogP contribution in [0.5, 0.6) is 0 Å². The topological polar surface area (TPSA) is 47.3 Å². The van der Waals surface area contributed by atoms with Gasteiger partial charge in [0.25, 0.3) is 6.43 Å². The van der Waals surface area contributed by atoms with Crippen LogP contribution < -0.4 is 11.1 Å². The Hall–Kier alpha value is -1.04. The van der Waals surface area contributed by atoms with Gasteiger partial charge in [-0.05, 0) is 56.6 Å². The van der Waals surface area contributed by atoms with Crippen LogP contribution in [0.3, 0.4) is 0 Å². The standard InChI is InChI=1S/C19H28F2N2O/c20-19(21)16-5-2-1-4-15(16)13-7-9-14(10-8-13)24-12-18-17(22)6-3-11-23-18/h1-2,4-5,13-14,17-19,23H,3,6-12,22H2/t13-,14+,17-,18-/m0/s1. The molecule has 1 aromatic carbocycles. The molecule has 3 nitrogen and oxygen atoms in total. The number of benzene rings is 1. The third-order valence-electron chi connectivity index (χ3n) is 5.49. The Labute approximate surface area is 142 Å². The lowest BCUT2D eigenvalue weighted by Gasteiger charge is -2.34. The van der Waals surface area contributed by atoms with Gasteiger partial charge >= 0.3 is 0 Å². The van der Waals surface area contributed by atoms with Crippen LogP contribution in [-0.2, 0) is 4.74 Å². The van der Waals surface area contributed by atoms with Gasteiger partial charge in [0.05, 0.1) is 12.7 Å². The van der Waals surface area contributed by atoms with Crippen molar-refractivity contribution in [2.45, 2.75) is 69.1 Å². The average Bonchev–Trinajstić information content (AvgIpc) is 2.61. The van der Waals surface area contributed by atoms with Crippen LogP contribution in [-0.4, -0.2) is 31.3 Å². The van der Waals surface area contributed by atoms with E-state index in [1.807, 2.05) is 12.1 Å². The summed E-state index contributed by atoms with van der Waals surface area (Å²) in [5.74, 6) is 0.227. The number of nitrogens with two attached hydrogens (primary N) is 1. The largest absolute Gasteiger partial charge is 0.377 e. The molecule has 134 valence electrons. The number of hydrogen-bond donors (Lipinski definition) is 2. The summed E-state index contributed by atoms with van der Waals surface area (Å²) in [5, 5.41) is 3.43. The second-order valence-corrected chi connectivity index (χ2v) is 7.10. The molecule has 1 heterocycles. The van der Waals surface area contributed by atoms with Crippen LogP contribution in [0.1, 0.15) is 62.0 Å². The fraction of sp³-hybridized carbons (Fsp3) is 0.684. The molecular weight excluding hydrogens is 310 g/mol. The first-order chi connectivity index (χ1) is 11.6. The highest BCUT2D eigenvalue weighted by atomic mass is 19.3. The van der Waals surface area contributed by atoms with Gasteiger partial charge in [-0.25, -0.2) is 8.78 Å². The molecule has 2 atom stereocenters. The summed E-state index contributed by atoms with van der Waals surface area (Å²) in [5.41, 5.74) is 7.14. The monoisotopic (exact) mass is 338 g/mol. The van der Waals surface area contributed by atoms with Gasteiger partial charge in [-0.1, -0.05) is 24.3 Å². The molecular formula is C19H28F2N2O. The Morgan fingerprint density at radius 2 is 1.88 bits per heavy atom. The van der Waals surface area contributed by atoms with E-state index in [4.69, 9.17) is 10.5 Å². The van der Waals surface area contributed by atoms with E-state index in [9.17, 15) is 8.78 Å². The maximum absolute atomic E-state index is 13.2. The number of hydrogen-bond acceptors (Lipinski definition) is 3.